The molecule has 0 aliphatic rings. The molecule has 1 aromatic rings. The number of rotatable bonds is 4. The van der Waals surface area contributed by atoms with Crippen LogP contribution in [0.4, 0.5) is 4.39 Å². The average Bonchev–Trinajstić information content (AvgIpc) is 2.15. The van der Waals surface area contributed by atoms with Gasteiger partial charge in [-0.05, 0) is 24.1 Å². The molecule has 1 aromatic carbocycles. The highest BCUT2D eigenvalue weighted by molar-refractivity contribution is 8.13. The number of carbonyl (C=O) groups is 1. The summed E-state index contributed by atoms with van der Waals surface area (Å²) < 4.78 is 12.9. The summed E-state index contributed by atoms with van der Waals surface area (Å²) in [6.45, 7) is 1.53. The molecule has 0 unspecified atom stereocenters. The molecule has 16 heavy (non-hydrogen) atoms. The summed E-state index contributed by atoms with van der Waals surface area (Å²) in [6.07, 6.45) is 4.31. The fourth-order valence-corrected chi connectivity index (χ4v) is 1.72. The first kappa shape index (κ1) is 12.8. The maximum absolute atomic E-state index is 12.9. The van der Waals surface area contributed by atoms with Gasteiger partial charge in [-0.25, -0.2) is 4.39 Å². The Balaban J connectivity index is 2.46. The van der Waals surface area contributed by atoms with Crippen LogP contribution in [0.5, 0.6) is 5.75 Å². The van der Waals surface area contributed by atoms with E-state index in [4.69, 9.17) is 5.11 Å². The zero-order valence-electron chi connectivity index (χ0n) is 8.94. The van der Waals surface area contributed by atoms with Crippen LogP contribution >= 0.6 is 11.8 Å². The lowest BCUT2D eigenvalue weighted by Gasteiger charge is -1.96. The maximum Gasteiger partial charge on any atom is 0.185 e. The number of phenolic OH excluding ortho intramolecular Hbond substituents is 1. The van der Waals surface area contributed by atoms with Crippen molar-refractivity contribution in [3.8, 4) is 5.75 Å². The van der Waals surface area contributed by atoms with Gasteiger partial charge in [0.25, 0.3) is 0 Å². The Morgan fingerprint density at radius 1 is 1.50 bits per heavy atom. The van der Waals surface area contributed by atoms with Crippen LogP contribution in [0.25, 0.3) is 6.08 Å². The molecule has 2 nitrogen and oxygen atoms in total. The van der Waals surface area contributed by atoms with E-state index in [2.05, 4.69) is 0 Å². The van der Waals surface area contributed by atoms with E-state index in [9.17, 15) is 9.18 Å². The van der Waals surface area contributed by atoms with E-state index in [0.29, 0.717) is 11.3 Å². The lowest BCUT2D eigenvalue weighted by molar-refractivity contribution is -0.109. The van der Waals surface area contributed by atoms with E-state index in [1.54, 1.807) is 6.08 Å². The summed E-state index contributed by atoms with van der Waals surface area (Å²) in [7, 11) is 0. The van der Waals surface area contributed by atoms with Gasteiger partial charge in [0.1, 0.15) is 11.6 Å². The van der Waals surface area contributed by atoms with Crippen molar-refractivity contribution in [2.75, 3.05) is 5.75 Å². The number of halogens is 1. The molecule has 0 saturated heterocycles. The predicted octanol–water partition coefficient (Wildman–Crippen LogP) is 3.21. The zero-order valence-corrected chi connectivity index (χ0v) is 9.76. The number of carbonyl (C=O) groups excluding carboxylic acids is 1. The van der Waals surface area contributed by atoms with Gasteiger partial charge in [0.2, 0.25) is 0 Å². The number of hydrogen-bond donors (Lipinski definition) is 1. The molecule has 0 aliphatic carbocycles. The summed E-state index contributed by atoms with van der Waals surface area (Å²) in [5, 5.41) is 9.24. The topological polar surface area (TPSA) is 37.3 Å². The molecule has 0 aliphatic heterocycles. The average molecular weight is 240 g/mol. The lowest BCUT2D eigenvalue weighted by Crippen LogP contribution is -1.83. The third kappa shape index (κ3) is 4.98. The van der Waals surface area contributed by atoms with Gasteiger partial charge in [-0.15, -0.1) is 0 Å². The molecule has 0 spiro atoms. The fourth-order valence-electron chi connectivity index (χ4n) is 1.18. The van der Waals surface area contributed by atoms with Crippen molar-refractivity contribution in [2.45, 2.75) is 13.3 Å². The molecule has 0 radical (unpaired) electrons. The normalized spacial score (nSPS) is 10.9. The van der Waals surface area contributed by atoms with Crippen LogP contribution < -0.4 is 0 Å². The summed E-state index contributed by atoms with van der Waals surface area (Å²) >= 11 is 1.26. The van der Waals surface area contributed by atoms with Gasteiger partial charge in [-0.2, -0.15) is 0 Å². The van der Waals surface area contributed by atoms with Crippen molar-refractivity contribution in [1.82, 2.24) is 0 Å². The second kappa shape index (κ2) is 6.33. The first-order valence-electron chi connectivity index (χ1n) is 4.87. The van der Waals surface area contributed by atoms with E-state index in [0.717, 1.165) is 12.5 Å². The minimum absolute atomic E-state index is 0.0854. The summed E-state index contributed by atoms with van der Waals surface area (Å²) in [5.41, 5.74) is 0.616. The molecular formula is C12H13FO2S. The first-order valence-corrected chi connectivity index (χ1v) is 5.86. The quantitative estimate of drug-likeness (QED) is 0.821. The summed E-state index contributed by atoms with van der Waals surface area (Å²) in [4.78, 5) is 10.6. The Bertz CT molecular complexity index is 382. The lowest BCUT2D eigenvalue weighted by atomic mass is 10.2. The Morgan fingerprint density at radius 2 is 2.25 bits per heavy atom. The predicted molar refractivity (Wildman–Crippen MR) is 64.9 cm³/mol. The first-order chi connectivity index (χ1) is 7.58. The number of benzene rings is 1. The van der Waals surface area contributed by atoms with E-state index < -0.39 is 5.82 Å². The molecule has 0 aromatic heterocycles. The zero-order chi connectivity index (χ0) is 12.0. The molecular weight excluding hydrogens is 227 g/mol. The fraction of sp³-hybridized carbons (Fsp3) is 0.250. The number of allylic oxidation sites excluding steroid dienone is 1. The Morgan fingerprint density at radius 3 is 2.88 bits per heavy atom. The second-order valence-corrected chi connectivity index (χ2v) is 4.55. The number of phenols is 1. The van der Waals surface area contributed by atoms with Crippen LogP contribution in [0.3, 0.4) is 0 Å². The third-order valence-corrected chi connectivity index (χ3v) is 2.65. The Hall–Kier alpha value is -1.29. The van der Waals surface area contributed by atoms with Crippen molar-refractivity contribution in [3.63, 3.8) is 0 Å². The van der Waals surface area contributed by atoms with E-state index >= 15 is 0 Å². The second-order valence-electron chi connectivity index (χ2n) is 3.27. The number of hydrogen-bond acceptors (Lipinski definition) is 3. The van der Waals surface area contributed by atoms with Gasteiger partial charge in [0.05, 0.1) is 0 Å². The largest absolute Gasteiger partial charge is 0.508 e. The van der Waals surface area contributed by atoms with Crippen LogP contribution in [0.1, 0.15) is 18.9 Å². The van der Waals surface area contributed by atoms with Crippen molar-refractivity contribution >= 4 is 23.0 Å². The third-order valence-electron chi connectivity index (χ3n) is 1.81. The number of aromatic hydroxyl groups is 1. The highest BCUT2D eigenvalue weighted by atomic mass is 32.2. The molecule has 0 heterocycles. The van der Waals surface area contributed by atoms with E-state index in [1.807, 2.05) is 6.08 Å². The molecule has 0 saturated carbocycles. The van der Waals surface area contributed by atoms with Gasteiger partial charge in [-0.1, -0.05) is 23.9 Å². The Kier molecular flexibility index (Phi) is 5.05. The summed E-state index contributed by atoms with van der Waals surface area (Å²) in [5.74, 6) is 0.170. The SMILES string of the molecule is CC(=O)SCCC=Cc1cc(O)cc(F)c1. The van der Waals surface area contributed by atoms with Crippen LogP contribution in [0.2, 0.25) is 0 Å². The van der Waals surface area contributed by atoms with Crippen molar-refractivity contribution < 1.29 is 14.3 Å². The summed E-state index contributed by atoms with van der Waals surface area (Å²) in [6, 6.07) is 3.88. The van der Waals surface area contributed by atoms with Crippen LogP contribution in [-0.4, -0.2) is 16.0 Å². The van der Waals surface area contributed by atoms with E-state index in [-0.39, 0.29) is 10.9 Å². The van der Waals surface area contributed by atoms with Crippen molar-refractivity contribution in [1.29, 1.82) is 0 Å². The standard InChI is InChI=1S/C12H13FO2S/c1-9(14)16-5-3-2-4-10-6-11(13)8-12(15)7-10/h2,4,6-8,15H,3,5H2,1H3. The smallest absolute Gasteiger partial charge is 0.185 e. The molecule has 0 bridgehead atoms. The van der Waals surface area contributed by atoms with Gasteiger partial charge in [0, 0.05) is 18.7 Å². The van der Waals surface area contributed by atoms with E-state index in [1.165, 1.54) is 30.8 Å². The van der Waals surface area contributed by atoms with Gasteiger partial charge >= 0.3 is 0 Å². The van der Waals surface area contributed by atoms with Crippen LogP contribution in [0.15, 0.2) is 24.3 Å². The molecule has 86 valence electrons. The minimum atomic E-state index is -0.460. The van der Waals surface area contributed by atoms with Crippen LogP contribution in [-0.2, 0) is 4.79 Å². The molecule has 1 N–H and O–H groups in total. The molecule has 4 heteroatoms. The van der Waals surface area contributed by atoms with Crippen molar-refractivity contribution in [3.05, 3.63) is 35.7 Å². The van der Waals surface area contributed by atoms with Gasteiger partial charge in [-0.3, -0.25) is 4.79 Å². The van der Waals surface area contributed by atoms with Gasteiger partial charge in [0.15, 0.2) is 5.12 Å². The highest BCUT2D eigenvalue weighted by Gasteiger charge is 1.96. The molecule has 0 fully saturated rings. The maximum atomic E-state index is 12.9. The van der Waals surface area contributed by atoms with Crippen molar-refractivity contribution in [2.24, 2.45) is 0 Å². The molecule has 0 amide bonds. The minimum Gasteiger partial charge on any atom is -0.508 e. The highest BCUT2D eigenvalue weighted by Crippen LogP contribution is 2.16. The molecule has 0 atom stereocenters. The monoisotopic (exact) mass is 240 g/mol. The van der Waals surface area contributed by atoms with Crippen LogP contribution in [0, 0.1) is 5.82 Å². The Labute approximate surface area is 98.2 Å². The molecule has 1 rings (SSSR count). The van der Waals surface area contributed by atoms with Gasteiger partial charge < -0.3 is 5.11 Å². The number of thioether (sulfide) groups is 1.